The third-order valence-corrected chi connectivity index (χ3v) is 10.9. The molecular formula is C22H31BrN2OSi. The molecule has 2 heterocycles. The van der Waals surface area contributed by atoms with Gasteiger partial charge in [-0.15, -0.1) is 0 Å². The van der Waals surface area contributed by atoms with E-state index in [0.717, 1.165) is 30.6 Å². The molecule has 27 heavy (non-hydrogen) atoms. The van der Waals surface area contributed by atoms with E-state index in [1.807, 2.05) is 6.20 Å². The molecule has 0 bridgehead atoms. The van der Waals surface area contributed by atoms with E-state index in [1.165, 1.54) is 16.9 Å². The lowest BCUT2D eigenvalue weighted by atomic mass is 9.96. The summed E-state index contributed by atoms with van der Waals surface area (Å²) in [5, 5.41) is 0.242. The number of pyridine rings is 1. The van der Waals surface area contributed by atoms with Gasteiger partial charge in [-0.05, 0) is 52.1 Å². The second-order valence-electron chi connectivity index (χ2n) is 9.13. The number of aromatic nitrogens is 1. The molecule has 1 aliphatic heterocycles. The predicted octanol–water partition coefficient (Wildman–Crippen LogP) is 6.04. The fourth-order valence-corrected chi connectivity index (χ4v) is 4.65. The molecule has 0 spiro atoms. The zero-order valence-electron chi connectivity index (χ0n) is 17.1. The summed E-state index contributed by atoms with van der Waals surface area (Å²) in [7, 11) is -1.73. The SMILES string of the molecule is CC(C)(C)[Si](C)(C)OCC1Cc2ncc(Br)cc2N(Cc2ccccc2)C1. The number of benzene rings is 1. The van der Waals surface area contributed by atoms with Gasteiger partial charge in [-0.25, -0.2) is 0 Å². The summed E-state index contributed by atoms with van der Waals surface area (Å²) in [5.41, 5.74) is 3.76. The van der Waals surface area contributed by atoms with Gasteiger partial charge >= 0.3 is 0 Å². The average molecular weight is 447 g/mol. The molecule has 0 fully saturated rings. The Morgan fingerprint density at radius 3 is 2.59 bits per heavy atom. The van der Waals surface area contributed by atoms with Crippen molar-refractivity contribution in [2.75, 3.05) is 18.1 Å². The number of anilines is 1. The van der Waals surface area contributed by atoms with Crippen molar-refractivity contribution < 1.29 is 4.43 Å². The van der Waals surface area contributed by atoms with Crippen LogP contribution in [0, 0.1) is 5.92 Å². The standard InChI is InChI=1S/C22H31BrN2OSi/c1-22(2,3)27(4,5)26-16-18-11-20-21(12-19(23)13-24-20)25(15-18)14-17-9-7-6-8-10-17/h6-10,12-13,18H,11,14-16H2,1-5H3. The molecule has 0 N–H and O–H groups in total. The van der Waals surface area contributed by atoms with E-state index >= 15 is 0 Å². The molecule has 0 saturated heterocycles. The Kier molecular flexibility index (Phi) is 6.13. The first kappa shape index (κ1) is 20.6. The highest BCUT2D eigenvalue weighted by Crippen LogP contribution is 2.38. The van der Waals surface area contributed by atoms with Gasteiger partial charge in [-0.1, -0.05) is 51.1 Å². The number of fused-ring (bicyclic) bond motifs is 1. The van der Waals surface area contributed by atoms with Crippen molar-refractivity contribution in [1.82, 2.24) is 4.98 Å². The van der Waals surface area contributed by atoms with Gasteiger partial charge in [0.05, 0.1) is 11.4 Å². The topological polar surface area (TPSA) is 25.4 Å². The van der Waals surface area contributed by atoms with Crippen molar-refractivity contribution in [2.45, 2.75) is 51.9 Å². The number of rotatable bonds is 5. The lowest BCUT2D eigenvalue weighted by molar-refractivity contribution is 0.224. The number of halogens is 1. The molecule has 1 aromatic carbocycles. The van der Waals surface area contributed by atoms with Crippen molar-refractivity contribution >= 4 is 29.9 Å². The minimum absolute atomic E-state index is 0.242. The van der Waals surface area contributed by atoms with Crippen molar-refractivity contribution in [3.05, 3.63) is 58.3 Å². The highest BCUT2D eigenvalue weighted by atomic mass is 79.9. The van der Waals surface area contributed by atoms with E-state index in [2.05, 4.69) is 91.1 Å². The molecule has 3 rings (SSSR count). The maximum atomic E-state index is 6.55. The van der Waals surface area contributed by atoms with Gasteiger partial charge in [0.25, 0.3) is 0 Å². The van der Waals surface area contributed by atoms with Crippen LogP contribution in [-0.2, 0) is 17.4 Å². The van der Waals surface area contributed by atoms with Gasteiger partial charge in [0.2, 0.25) is 0 Å². The zero-order valence-corrected chi connectivity index (χ0v) is 19.7. The van der Waals surface area contributed by atoms with Crippen molar-refractivity contribution in [2.24, 2.45) is 5.92 Å². The molecule has 2 aromatic rings. The first-order valence-corrected chi connectivity index (χ1v) is 13.4. The second kappa shape index (κ2) is 8.06. The molecule has 1 unspecified atom stereocenters. The molecular weight excluding hydrogens is 416 g/mol. The second-order valence-corrected chi connectivity index (χ2v) is 14.9. The van der Waals surface area contributed by atoms with E-state index < -0.39 is 8.32 Å². The van der Waals surface area contributed by atoms with Crippen LogP contribution in [0.4, 0.5) is 5.69 Å². The third kappa shape index (κ3) is 5.01. The summed E-state index contributed by atoms with van der Waals surface area (Å²) in [6, 6.07) is 12.9. The van der Waals surface area contributed by atoms with Gasteiger partial charge in [0, 0.05) is 36.3 Å². The van der Waals surface area contributed by atoms with E-state index in [0.29, 0.717) is 5.92 Å². The number of hydrogen-bond acceptors (Lipinski definition) is 3. The molecule has 0 radical (unpaired) electrons. The molecule has 0 saturated carbocycles. The molecule has 0 aliphatic carbocycles. The fraction of sp³-hybridized carbons (Fsp3) is 0.500. The lowest BCUT2D eigenvalue weighted by Gasteiger charge is -2.40. The van der Waals surface area contributed by atoms with E-state index in [9.17, 15) is 0 Å². The normalized spacial score (nSPS) is 17.7. The Hall–Kier alpha value is -1.17. The fourth-order valence-electron chi connectivity index (χ4n) is 3.24. The summed E-state index contributed by atoms with van der Waals surface area (Å²) < 4.78 is 7.58. The maximum Gasteiger partial charge on any atom is 0.191 e. The number of nitrogens with zero attached hydrogens (tertiary/aromatic N) is 2. The summed E-state index contributed by atoms with van der Waals surface area (Å²) >= 11 is 3.59. The molecule has 1 aliphatic rings. The quantitative estimate of drug-likeness (QED) is 0.522. The zero-order chi connectivity index (χ0) is 19.7. The maximum absolute atomic E-state index is 6.55. The molecule has 0 amide bonds. The minimum atomic E-state index is -1.73. The Morgan fingerprint density at radius 2 is 1.93 bits per heavy atom. The Morgan fingerprint density at radius 1 is 1.22 bits per heavy atom. The first-order valence-electron chi connectivity index (χ1n) is 9.73. The van der Waals surface area contributed by atoms with Crippen molar-refractivity contribution in [3.8, 4) is 0 Å². The van der Waals surface area contributed by atoms with Crippen LogP contribution in [0.2, 0.25) is 18.1 Å². The van der Waals surface area contributed by atoms with Crippen LogP contribution in [0.15, 0.2) is 47.1 Å². The first-order chi connectivity index (χ1) is 12.7. The highest BCUT2D eigenvalue weighted by molar-refractivity contribution is 9.10. The minimum Gasteiger partial charge on any atom is -0.416 e. The largest absolute Gasteiger partial charge is 0.416 e. The average Bonchev–Trinajstić information content (AvgIpc) is 2.60. The predicted molar refractivity (Wildman–Crippen MR) is 120 cm³/mol. The van der Waals surface area contributed by atoms with Crippen LogP contribution in [0.3, 0.4) is 0 Å². The van der Waals surface area contributed by atoms with Crippen LogP contribution >= 0.6 is 15.9 Å². The van der Waals surface area contributed by atoms with Crippen molar-refractivity contribution in [3.63, 3.8) is 0 Å². The third-order valence-electron chi connectivity index (χ3n) is 5.92. The molecule has 3 nitrogen and oxygen atoms in total. The Bertz CT molecular complexity index is 774. The van der Waals surface area contributed by atoms with Gasteiger partial charge in [0.1, 0.15) is 0 Å². The van der Waals surface area contributed by atoms with Gasteiger partial charge in [-0.3, -0.25) is 4.98 Å². The molecule has 5 heteroatoms. The van der Waals surface area contributed by atoms with Crippen LogP contribution in [0.1, 0.15) is 32.0 Å². The summed E-state index contributed by atoms with van der Waals surface area (Å²) in [5.74, 6) is 0.476. The summed E-state index contributed by atoms with van der Waals surface area (Å²) in [6.07, 6.45) is 2.90. The van der Waals surface area contributed by atoms with E-state index in [1.54, 1.807) is 0 Å². The van der Waals surface area contributed by atoms with Gasteiger partial charge < -0.3 is 9.33 Å². The molecule has 1 atom stereocenters. The van der Waals surface area contributed by atoms with E-state index in [-0.39, 0.29) is 5.04 Å². The van der Waals surface area contributed by atoms with Gasteiger partial charge in [-0.2, -0.15) is 0 Å². The van der Waals surface area contributed by atoms with Crippen LogP contribution in [0.5, 0.6) is 0 Å². The van der Waals surface area contributed by atoms with Crippen LogP contribution in [0.25, 0.3) is 0 Å². The van der Waals surface area contributed by atoms with Gasteiger partial charge in [0.15, 0.2) is 8.32 Å². The smallest absolute Gasteiger partial charge is 0.191 e. The van der Waals surface area contributed by atoms with E-state index in [4.69, 9.17) is 9.41 Å². The monoisotopic (exact) mass is 446 g/mol. The van der Waals surface area contributed by atoms with Crippen LogP contribution in [-0.4, -0.2) is 26.5 Å². The lowest BCUT2D eigenvalue weighted by Crippen LogP contribution is -2.44. The molecule has 1 aromatic heterocycles. The van der Waals surface area contributed by atoms with Crippen molar-refractivity contribution in [1.29, 1.82) is 0 Å². The number of hydrogen-bond donors (Lipinski definition) is 0. The molecule has 146 valence electrons. The Labute approximate surface area is 173 Å². The Balaban J connectivity index is 1.78. The highest BCUT2D eigenvalue weighted by Gasteiger charge is 2.38. The van der Waals surface area contributed by atoms with Crippen LogP contribution < -0.4 is 4.90 Å². The summed E-state index contributed by atoms with van der Waals surface area (Å²) in [4.78, 5) is 7.19. The summed E-state index contributed by atoms with van der Waals surface area (Å²) in [6.45, 7) is 14.3.